The number of hydrogen-bond acceptors (Lipinski definition) is 4. The van der Waals surface area contributed by atoms with Crippen molar-refractivity contribution in [3.63, 3.8) is 0 Å². The highest BCUT2D eigenvalue weighted by Gasteiger charge is 2.34. The first kappa shape index (κ1) is 17.2. The minimum atomic E-state index is -3.24. The fourth-order valence-corrected chi connectivity index (χ4v) is 4.47. The highest BCUT2D eigenvalue weighted by atomic mass is 32.2. The van der Waals surface area contributed by atoms with Crippen molar-refractivity contribution in [2.75, 3.05) is 32.0 Å². The Balaban J connectivity index is 1.98. The lowest BCUT2D eigenvalue weighted by Gasteiger charge is -2.41. The number of allylic oxidation sites excluding steroid dienone is 1. The van der Waals surface area contributed by atoms with Crippen LogP contribution < -0.4 is 0 Å². The van der Waals surface area contributed by atoms with Crippen molar-refractivity contribution in [2.45, 2.75) is 24.2 Å². The number of likely N-dealkylation sites (tertiary alicyclic amines) is 1. The molecule has 0 aromatic heterocycles. The minimum Gasteiger partial charge on any atom is -0.396 e. The van der Waals surface area contributed by atoms with Crippen molar-refractivity contribution in [1.82, 2.24) is 4.90 Å². The molecule has 122 valence electrons. The van der Waals surface area contributed by atoms with Gasteiger partial charge in [-0.15, -0.1) is 6.58 Å². The highest BCUT2D eigenvalue weighted by Crippen LogP contribution is 2.33. The van der Waals surface area contributed by atoms with Crippen LogP contribution in [0, 0.1) is 5.41 Å². The van der Waals surface area contributed by atoms with Crippen LogP contribution >= 0.6 is 0 Å². The molecule has 0 spiro atoms. The van der Waals surface area contributed by atoms with Crippen LogP contribution in [0.2, 0.25) is 0 Å². The Morgan fingerprint density at radius 2 is 2.05 bits per heavy atom. The maximum Gasteiger partial charge on any atom is 0.179 e. The molecule has 1 unspecified atom stereocenters. The lowest BCUT2D eigenvalue weighted by atomic mass is 9.78. The Bertz CT molecular complexity index is 585. The fraction of sp³-hybridized carbons (Fsp3) is 0.529. The van der Waals surface area contributed by atoms with Gasteiger partial charge in [0, 0.05) is 18.5 Å². The van der Waals surface area contributed by atoms with Crippen molar-refractivity contribution in [3.05, 3.63) is 43.0 Å². The Morgan fingerprint density at radius 3 is 2.68 bits per heavy atom. The maximum absolute atomic E-state index is 12.3. The van der Waals surface area contributed by atoms with E-state index in [4.69, 9.17) is 0 Å². The van der Waals surface area contributed by atoms with Gasteiger partial charge < -0.3 is 10.0 Å². The summed E-state index contributed by atoms with van der Waals surface area (Å²) in [7, 11) is -3.24. The van der Waals surface area contributed by atoms with Crippen LogP contribution in [0.15, 0.2) is 47.9 Å². The summed E-state index contributed by atoms with van der Waals surface area (Å²) in [5.74, 6) is 0.118. The standard InChI is InChI=1S/C17H25NO3S/c1-2-9-17(15-19)10-6-11-18(14-17)12-13-22(20,21)16-7-4-3-5-8-16/h2-5,7-8,19H,1,6,9-15H2. The van der Waals surface area contributed by atoms with Crippen molar-refractivity contribution in [3.8, 4) is 0 Å². The number of sulfone groups is 1. The first-order valence-electron chi connectivity index (χ1n) is 7.73. The van der Waals surface area contributed by atoms with Crippen molar-refractivity contribution in [2.24, 2.45) is 5.41 Å². The SMILES string of the molecule is C=CCC1(CO)CCCN(CCS(=O)(=O)c2ccccc2)C1. The third-order valence-corrected chi connectivity index (χ3v) is 6.14. The summed E-state index contributed by atoms with van der Waals surface area (Å²) in [4.78, 5) is 2.54. The maximum atomic E-state index is 12.3. The molecule has 0 radical (unpaired) electrons. The zero-order valence-electron chi connectivity index (χ0n) is 12.9. The molecule has 1 aliphatic rings. The van der Waals surface area contributed by atoms with Gasteiger partial charge in [-0.2, -0.15) is 0 Å². The van der Waals surface area contributed by atoms with E-state index in [1.807, 2.05) is 12.1 Å². The van der Waals surface area contributed by atoms with Gasteiger partial charge in [0.2, 0.25) is 0 Å². The van der Waals surface area contributed by atoms with Crippen LogP contribution in [0.3, 0.4) is 0 Å². The van der Waals surface area contributed by atoms with E-state index in [0.29, 0.717) is 11.4 Å². The van der Waals surface area contributed by atoms with Crippen LogP contribution in [0.1, 0.15) is 19.3 Å². The molecule has 1 atom stereocenters. The number of aliphatic hydroxyl groups is 1. The second kappa shape index (κ2) is 7.40. The zero-order chi connectivity index (χ0) is 16.1. The van der Waals surface area contributed by atoms with Gasteiger partial charge in [0.1, 0.15) is 0 Å². The van der Waals surface area contributed by atoms with Crippen molar-refractivity contribution in [1.29, 1.82) is 0 Å². The van der Waals surface area contributed by atoms with Gasteiger partial charge in [-0.25, -0.2) is 8.42 Å². The average molecular weight is 323 g/mol. The second-order valence-electron chi connectivity index (χ2n) is 6.16. The van der Waals surface area contributed by atoms with Crippen molar-refractivity contribution < 1.29 is 13.5 Å². The third kappa shape index (κ3) is 4.18. The summed E-state index contributed by atoms with van der Waals surface area (Å²) in [5.41, 5.74) is -0.156. The van der Waals surface area contributed by atoms with Gasteiger partial charge in [-0.3, -0.25) is 0 Å². The predicted octanol–water partition coefficient (Wildman–Crippen LogP) is 2.11. The van der Waals surface area contributed by atoms with E-state index in [-0.39, 0.29) is 17.8 Å². The number of nitrogens with zero attached hydrogens (tertiary/aromatic N) is 1. The van der Waals surface area contributed by atoms with E-state index in [9.17, 15) is 13.5 Å². The Kier molecular flexibility index (Phi) is 5.78. The number of piperidine rings is 1. The van der Waals surface area contributed by atoms with Gasteiger partial charge in [0.15, 0.2) is 9.84 Å². The van der Waals surface area contributed by atoms with Gasteiger partial charge in [-0.05, 0) is 37.9 Å². The molecule has 0 amide bonds. The van der Waals surface area contributed by atoms with Gasteiger partial charge in [0.25, 0.3) is 0 Å². The predicted molar refractivity (Wildman–Crippen MR) is 88.5 cm³/mol. The van der Waals surface area contributed by atoms with E-state index in [1.54, 1.807) is 24.3 Å². The molecule has 1 saturated heterocycles. The van der Waals surface area contributed by atoms with Gasteiger partial charge in [0.05, 0.1) is 17.3 Å². The monoisotopic (exact) mass is 323 g/mol. The number of benzene rings is 1. The molecule has 2 rings (SSSR count). The Hall–Kier alpha value is -1.17. The smallest absolute Gasteiger partial charge is 0.179 e. The van der Waals surface area contributed by atoms with E-state index >= 15 is 0 Å². The molecule has 1 heterocycles. The van der Waals surface area contributed by atoms with E-state index in [2.05, 4.69) is 11.5 Å². The normalized spacial score (nSPS) is 23.3. The molecular weight excluding hydrogens is 298 g/mol. The topological polar surface area (TPSA) is 57.6 Å². The largest absolute Gasteiger partial charge is 0.396 e. The summed E-state index contributed by atoms with van der Waals surface area (Å²) < 4.78 is 24.7. The Morgan fingerprint density at radius 1 is 1.32 bits per heavy atom. The van der Waals surface area contributed by atoms with Crippen LogP contribution in [0.25, 0.3) is 0 Å². The Labute approximate surface area is 133 Å². The van der Waals surface area contributed by atoms with E-state index in [0.717, 1.165) is 32.4 Å². The lowest BCUT2D eigenvalue weighted by Crippen LogP contribution is -2.46. The summed E-state index contributed by atoms with van der Waals surface area (Å²) >= 11 is 0. The molecule has 1 fully saturated rings. The summed E-state index contributed by atoms with van der Waals surface area (Å²) in [6.07, 6.45) is 4.57. The van der Waals surface area contributed by atoms with Crippen LogP contribution in [-0.4, -0.2) is 50.4 Å². The molecule has 4 nitrogen and oxygen atoms in total. The first-order valence-corrected chi connectivity index (χ1v) is 9.38. The molecule has 0 aliphatic carbocycles. The molecule has 1 aromatic carbocycles. The fourth-order valence-electron chi connectivity index (χ4n) is 3.16. The lowest BCUT2D eigenvalue weighted by molar-refractivity contribution is 0.0372. The molecule has 0 saturated carbocycles. The highest BCUT2D eigenvalue weighted by molar-refractivity contribution is 7.91. The zero-order valence-corrected chi connectivity index (χ0v) is 13.8. The van der Waals surface area contributed by atoms with Crippen LogP contribution in [0.5, 0.6) is 0 Å². The second-order valence-corrected chi connectivity index (χ2v) is 8.27. The van der Waals surface area contributed by atoms with Crippen LogP contribution in [-0.2, 0) is 9.84 Å². The summed E-state index contributed by atoms with van der Waals surface area (Å²) in [6, 6.07) is 8.58. The first-order chi connectivity index (χ1) is 10.5. The molecule has 5 heteroatoms. The summed E-state index contributed by atoms with van der Waals surface area (Å²) in [5, 5.41) is 9.70. The van der Waals surface area contributed by atoms with E-state index in [1.165, 1.54) is 0 Å². The van der Waals surface area contributed by atoms with Gasteiger partial charge in [-0.1, -0.05) is 24.3 Å². The van der Waals surface area contributed by atoms with E-state index < -0.39 is 9.84 Å². The quantitative estimate of drug-likeness (QED) is 0.781. The molecular formula is C17H25NO3S. The molecule has 22 heavy (non-hydrogen) atoms. The number of rotatable bonds is 7. The third-order valence-electron chi connectivity index (χ3n) is 4.43. The number of aliphatic hydroxyl groups excluding tert-OH is 1. The van der Waals surface area contributed by atoms with Crippen molar-refractivity contribution >= 4 is 9.84 Å². The number of hydrogen-bond donors (Lipinski definition) is 1. The minimum absolute atomic E-state index is 0.118. The average Bonchev–Trinajstić information content (AvgIpc) is 2.54. The summed E-state index contributed by atoms with van der Waals surface area (Å²) in [6.45, 7) is 6.04. The molecule has 1 aromatic rings. The molecule has 1 aliphatic heterocycles. The molecule has 1 N–H and O–H groups in total. The van der Waals surface area contributed by atoms with Gasteiger partial charge >= 0.3 is 0 Å². The van der Waals surface area contributed by atoms with Crippen LogP contribution in [0.4, 0.5) is 0 Å². The molecule has 0 bridgehead atoms.